The fraction of sp³-hybridized carbons (Fsp3) is 0.203. The summed E-state index contributed by atoms with van der Waals surface area (Å²) in [5, 5.41) is 1.07. The van der Waals surface area contributed by atoms with Gasteiger partial charge in [0.05, 0.1) is 28.1 Å². The van der Waals surface area contributed by atoms with E-state index in [2.05, 4.69) is 130 Å². The molecule has 6 aromatic carbocycles. The van der Waals surface area contributed by atoms with E-state index in [1.807, 2.05) is 66.9 Å². The molecule has 0 saturated carbocycles. The molecule has 4 heterocycles. The average molecular weight is 1030 g/mol. The smallest absolute Gasteiger partial charge is 0.121 e. The molecule has 6 heteroatoms. The van der Waals surface area contributed by atoms with Crippen LogP contribution < -0.4 is 0 Å². The molecule has 0 amide bonds. The van der Waals surface area contributed by atoms with Crippen LogP contribution in [0.3, 0.4) is 0 Å². The Balaban J connectivity index is 0.000000338. The molecule has 65 heavy (non-hydrogen) atoms. The van der Waals surface area contributed by atoms with Gasteiger partial charge in [0.25, 0.3) is 0 Å². The molecular weight excluding hydrogens is 973 g/mol. The third kappa shape index (κ3) is 8.99. The molecule has 4 aromatic heterocycles. The van der Waals surface area contributed by atoms with Crippen molar-refractivity contribution in [1.29, 1.82) is 0 Å². The van der Waals surface area contributed by atoms with Crippen molar-refractivity contribution in [2.24, 2.45) is 0 Å². The van der Waals surface area contributed by atoms with E-state index >= 15 is 0 Å². The van der Waals surface area contributed by atoms with Crippen LogP contribution in [0.4, 0.5) is 0 Å². The van der Waals surface area contributed by atoms with Gasteiger partial charge in [-0.15, -0.1) is 53.6 Å². The minimum absolute atomic E-state index is 0. The van der Waals surface area contributed by atoms with Crippen LogP contribution in [0.25, 0.3) is 83.7 Å². The van der Waals surface area contributed by atoms with E-state index in [9.17, 15) is 0 Å². The number of fused-ring (bicyclic) bond motifs is 4. The largest absolute Gasteiger partial charge is 0.501 e. The first-order valence-electron chi connectivity index (χ1n) is 24.8. The van der Waals surface area contributed by atoms with Crippen molar-refractivity contribution < 1.29 is 32.7 Å². The van der Waals surface area contributed by atoms with Crippen LogP contribution in [0.15, 0.2) is 156 Å². The molecular formula is C59H54IrN4O-2. The summed E-state index contributed by atoms with van der Waals surface area (Å²) in [6.45, 7) is 10.6. The van der Waals surface area contributed by atoms with Gasteiger partial charge in [0.1, 0.15) is 5.58 Å². The molecule has 0 N–H and O–H groups in total. The summed E-state index contributed by atoms with van der Waals surface area (Å²) in [4.78, 5) is 14.0. The van der Waals surface area contributed by atoms with Gasteiger partial charge in [-0.3, -0.25) is 9.97 Å². The van der Waals surface area contributed by atoms with Crippen molar-refractivity contribution in [3.05, 3.63) is 192 Å². The van der Waals surface area contributed by atoms with Crippen molar-refractivity contribution >= 4 is 33.0 Å². The van der Waals surface area contributed by atoms with E-state index < -0.39 is 13.7 Å². The third-order valence-corrected chi connectivity index (χ3v) is 11.7. The molecule has 5 nitrogen and oxygen atoms in total. The molecule has 10 aromatic rings. The van der Waals surface area contributed by atoms with E-state index in [-0.39, 0.29) is 48.6 Å². The second-order valence-electron chi connectivity index (χ2n) is 17.9. The molecule has 0 aliphatic rings. The maximum absolute atomic E-state index is 8.50. The number of benzene rings is 6. The summed E-state index contributed by atoms with van der Waals surface area (Å²) in [5.41, 5.74) is 13.4. The quantitative estimate of drug-likeness (QED) is 0.149. The van der Waals surface area contributed by atoms with Crippen LogP contribution in [0.1, 0.15) is 96.5 Å². The van der Waals surface area contributed by atoms with Gasteiger partial charge in [-0.05, 0) is 106 Å². The molecule has 10 rings (SSSR count). The Morgan fingerprint density at radius 3 is 2.14 bits per heavy atom. The monoisotopic (exact) mass is 1030 g/mol. The number of aromatic nitrogens is 4. The second-order valence-corrected chi connectivity index (χ2v) is 17.9. The number of pyridine rings is 2. The van der Waals surface area contributed by atoms with E-state index in [0.29, 0.717) is 44.6 Å². The van der Waals surface area contributed by atoms with Gasteiger partial charge in [-0.2, -0.15) is 0 Å². The predicted molar refractivity (Wildman–Crippen MR) is 266 cm³/mol. The van der Waals surface area contributed by atoms with Crippen molar-refractivity contribution in [2.75, 3.05) is 0 Å². The molecule has 0 spiro atoms. The van der Waals surface area contributed by atoms with Crippen LogP contribution >= 0.6 is 0 Å². The summed E-state index contributed by atoms with van der Waals surface area (Å²) < 4.78 is 57.9. The minimum Gasteiger partial charge on any atom is -0.501 e. The van der Waals surface area contributed by atoms with Crippen molar-refractivity contribution in [3.63, 3.8) is 0 Å². The van der Waals surface area contributed by atoms with E-state index in [4.69, 9.17) is 17.6 Å². The molecule has 327 valence electrons. The van der Waals surface area contributed by atoms with E-state index in [1.165, 1.54) is 11.6 Å². The number of para-hydroxylation sites is 2. The van der Waals surface area contributed by atoms with Crippen molar-refractivity contribution in [3.8, 4) is 50.7 Å². The Kier molecular flexibility index (Phi) is 10.8. The molecule has 0 atom stereocenters. The number of furan rings is 1. The maximum Gasteiger partial charge on any atom is 0.121 e. The number of aryl methyl sites for hydroxylation is 2. The van der Waals surface area contributed by atoms with Crippen LogP contribution in [0.5, 0.6) is 0 Å². The van der Waals surface area contributed by atoms with Gasteiger partial charge in [0.15, 0.2) is 0 Å². The SMILES string of the molecule is CC(C)(C)c1ccnc(-c2[c-]cccc2)c1.[2H]C([2H])([2H])c1cccc(-c2ccc3c(c2)oc2c(-c4nc5ccccc5n4-c4c(C(C)C)cc(-c5ccccc5)cc4C(C)C)[c-]cc(C([2H])([2H])[2H])c23)n1.[Ir]. The van der Waals surface area contributed by atoms with Crippen LogP contribution in [-0.2, 0) is 25.5 Å². The first-order valence-corrected chi connectivity index (χ1v) is 21.8. The van der Waals surface area contributed by atoms with Crippen LogP contribution in [0, 0.1) is 25.8 Å². The first kappa shape index (κ1) is 37.9. The molecule has 0 bridgehead atoms. The van der Waals surface area contributed by atoms with Gasteiger partial charge < -0.3 is 14.0 Å². The summed E-state index contributed by atoms with van der Waals surface area (Å²) in [6.07, 6.45) is 1.87. The average Bonchev–Trinajstić information content (AvgIpc) is 3.92. The molecule has 1 radical (unpaired) electrons. The Labute approximate surface area is 405 Å². The fourth-order valence-corrected chi connectivity index (χ4v) is 8.38. The summed E-state index contributed by atoms with van der Waals surface area (Å²) in [6, 6.07) is 53.5. The first-order chi connectivity index (χ1) is 33.3. The third-order valence-electron chi connectivity index (χ3n) is 11.7. The van der Waals surface area contributed by atoms with Crippen LogP contribution in [-0.4, -0.2) is 19.5 Å². The minimum atomic E-state index is -2.46. The zero-order valence-corrected chi connectivity index (χ0v) is 40.0. The van der Waals surface area contributed by atoms with Crippen molar-refractivity contribution in [1.82, 2.24) is 19.5 Å². The molecule has 0 fully saturated rings. The number of hydrogen-bond donors (Lipinski definition) is 0. The standard InChI is InChI=1S/C44H38N3O.C15H16N.Ir/c1-26(2)35-23-32(30-14-8-7-9-15-30)24-36(27(3)4)42(35)47-39-18-11-10-16-38(39)46-44(47)34-21-19-28(5)41-33-22-20-31(25-40(33)48-43(34)41)37-17-12-13-29(6)45-37;1-15(2,3)13-9-10-16-14(11-13)12-7-5-4-6-8-12;/h7-20,22-27H,1-6H3;4-7,9-11H,1-3H3;/q2*-1;/i5D3,6D3;;. The molecule has 0 unspecified atom stereocenters. The topological polar surface area (TPSA) is 56.7 Å². The van der Waals surface area contributed by atoms with Gasteiger partial charge in [0.2, 0.25) is 0 Å². The summed E-state index contributed by atoms with van der Waals surface area (Å²) in [7, 11) is 0. The van der Waals surface area contributed by atoms with Crippen LogP contribution in [0.2, 0.25) is 0 Å². The number of imidazole rings is 1. The zero-order valence-electron chi connectivity index (χ0n) is 43.6. The Bertz CT molecular complexity index is 3490. The Morgan fingerprint density at radius 2 is 1.43 bits per heavy atom. The maximum atomic E-state index is 8.50. The zero-order chi connectivity index (χ0) is 49.7. The number of nitrogens with zero attached hydrogens (tertiary/aromatic N) is 4. The van der Waals surface area contributed by atoms with Crippen molar-refractivity contribution in [2.45, 2.75) is 79.4 Å². The summed E-state index contributed by atoms with van der Waals surface area (Å²) in [5.74, 6) is 0.888. The fourth-order valence-electron chi connectivity index (χ4n) is 8.38. The van der Waals surface area contributed by atoms with E-state index in [1.54, 1.807) is 24.3 Å². The number of hydrogen-bond acceptors (Lipinski definition) is 4. The molecule has 0 aliphatic carbocycles. The molecule has 0 saturated heterocycles. The number of rotatable bonds is 7. The normalized spacial score (nSPS) is 13.4. The summed E-state index contributed by atoms with van der Waals surface area (Å²) >= 11 is 0. The van der Waals surface area contributed by atoms with Gasteiger partial charge >= 0.3 is 0 Å². The van der Waals surface area contributed by atoms with Gasteiger partial charge in [0, 0.05) is 56.9 Å². The Morgan fingerprint density at radius 1 is 0.677 bits per heavy atom. The van der Waals surface area contributed by atoms with Gasteiger partial charge in [-0.25, -0.2) is 0 Å². The van der Waals surface area contributed by atoms with E-state index in [0.717, 1.165) is 50.2 Å². The predicted octanol–water partition coefficient (Wildman–Crippen LogP) is 15.8. The molecule has 0 aliphatic heterocycles. The Hall–Kier alpha value is -6.46. The second kappa shape index (κ2) is 18.6. The van der Waals surface area contributed by atoms with Gasteiger partial charge in [-0.1, -0.05) is 133 Å².